The van der Waals surface area contributed by atoms with Crippen LogP contribution in [0.15, 0.2) is 6.20 Å². The molecule has 2 heterocycles. The number of amides is 1. The fourth-order valence-electron chi connectivity index (χ4n) is 5.53. The minimum Gasteiger partial charge on any atom is -0.368 e. The highest BCUT2D eigenvalue weighted by Gasteiger charge is 2.40. The molecule has 1 fully saturated rings. The number of nitrogens with zero attached hydrogens (tertiary/aromatic N) is 5. The standard InChI is InChI=1S/C24H42N6O/c1-5-8-28(4)10-11-29(7-3)23(31)13-18-12-19-14-21-20(16-26-24(25)27-21)15-22(19)30(17-18)9-6-2/h16,18-19,22H,5-15,17H2,1-4H3,(H2,25,26,27)/t18-,19-,22-/m1/s1. The van der Waals surface area contributed by atoms with E-state index in [0.29, 0.717) is 36.2 Å². The second kappa shape index (κ2) is 11.2. The van der Waals surface area contributed by atoms with Crippen LogP contribution in [0.2, 0.25) is 0 Å². The molecule has 174 valence electrons. The summed E-state index contributed by atoms with van der Waals surface area (Å²) in [6.07, 6.45) is 7.93. The Morgan fingerprint density at radius 3 is 2.71 bits per heavy atom. The van der Waals surface area contributed by atoms with E-state index in [2.05, 4.69) is 47.6 Å². The molecule has 7 heteroatoms. The van der Waals surface area contributed by atoms with Crippen molar-refractivity contribution in [1.82, 2.24) is 24.7 Å². The van der Waals surface area contributed by atoms with Crippen molar-refractivity contribution in [3.8, 4) is 0 Å². The summed E-state index contributed by atoms with van der Waals surface area (Å²) in [4.78, 5) is 28.9. The molecule has 31 heavy (non-hydrogen) atoms. The molecule has 1 amide bonds. The van der Waals surface area contributed by atoms with E-state index in [9.17, 15) is 4.79 Å². The molecule has 2 aliphatic rings. The summed E-state index contributed by atoms with van der Waals surface area (Å²) in [5, 5.41) is 0. The third-order valence-corrected chi connectivity index (χ3v) is 7.06. The maximum atomic E-state index is 13.1. The highest BCUT2D eigenvalue weighted by molar-refractivity contribution is 5.76. The largest absolute Gasteiger partial charge is 0.368 e. The number of likely N-dealkylation sites (tertiary alicyclic amines) is 1. The lowest BCUT2D eigenvalue weighted by Gasteiger charge is -2.47. The minimum absolute atomic E-state index is 0.315. The molecule has 2 N–H and O–H groups in total. The van der Waals surface area contributed by atoms with Crippen molar-refractivity contribution in [2.24, 2.45) is 11.8 Å². The van der Waals surface area contributed by atoms with Crippen LogP contribution in [0.4, 0.5) is 5.95 Å². The number of carbonyl (C=O) groups is 1. The third kappa shape index (κ3) is 6.16. The van der Waals surface area contributed by atoms with Crippen LogP contribution in [-0.2, 0) is 17.6 Å². The van der Waals surface area contributed by atoms with E-state index in [1.54, 1.807) is 0 Å². The van der Waals surface area contributed by atoms with Gasteiger partial charge in [-0.05, 0) is 76.6 Å². The molecule has 1 aromatic heterocycles. The Labute approximate surface area is 188 Å². The summed E-state index contributed by atoms with van der Waals surface area (Å²) in [6.45, 7) is 12.3. The summed E-state index contributed by atoms with van der Waals surface area (Å²) in [5.41, 5.74) is 8.22. The fourth-order valence-corrected chi connectivity index (χ4v) is 5.53. The van der Waals surface area contributed by atoms with Crippen molar-refractivity contribution >= 4 is 11.9 Å². The van der Waals surface area contributed by atoms with Gasteiger partial charge < -0.3 is 15.5 Å². The molecule has 1 aliphatic carbocycles. The topological polar surface area (TPSA) is 78.6 Å². The molecule has 0 saturated carbocycles. The van der Waals surface area contributed by atoms with Gasteiger partial charge in [0.05, 0.1) is 0 Å². The summed E-state index contributed by atoms with van der Waals surface area (Å²) in [6, 6.07) is 0.538. The monoisotopic (exact) mass is 430 g/mol. The zero-order valence-electron chi connectivity index (χ0n) is 20.0. The number of likely N-dealkylation sites (N-methyl/N-ethyl adjacent to an activating group) is 2. The minimum atomic E-state index is 0.315. The number of nitrogens with two attached hydrogens (primary N) is 1. The number of nitrogen functional groups attached to an aromatic ring is 1. The van der Waals surface area contributed by atoms with Crippen molar-refractivity contribution in [1.29, 1.82) is 0 Å². The quantitative estimate of drug-likeness (QED) is 0.614. The Morgan fingerprint density at radius 2 is 2.00 bits per heavy atom. The van der Waals surface area contributed by atoms with Gasteiger partial charge in [-0.1, -0.05) is 13.8 Å². The summed E-state index contributed by atoms with van der Waals surface area (Å²) in [5.74, 6) is 1.65. The van der Waals surface area contributed by atoms with Crippen LogP contribution in [0.25, 0.3) is 0 Å². The lowest BCUT2D eigenvalue weighted by atomic mass is 9.73. The average molecular weight is 431 g/mol. The van der Waals surface area contributed by atoms with Crippen LogP contribution >= 0.6 is 0 Å². The number of piperidine rings is 1. The van der Waals surface area contributed by atoms with Crippen LogP contribution in [-0.4, -0.2) is 82.9 Å². The molecule has 0 aromatic carbocycles. The Kier molecular flexibility index (Phi) is 8.67. The molecule has 0 radical (unpaired) electrons. The second-order valence-corrected chi connectivity index (χ2v) is 9.51. The van der Waals surface area contributed by atoms with E-state index < -0.39 is 0 Å². The van der Waals surface area contributed by atoms with Crippen molar-refractivity contribution < 1.29 is 4.79 Å². The van der Waals surface area contributed by atoms with Crippen molar-refractivity contribution in [2.45, 2.75) is 65.3 Å². The van der Waals surface area contributed by atoms with Gasteiger partial charge in [-0.25, -0.2) is 9.97 Å². The zero-order chi connectivity index (χ0) is 22.4. The molecule has 3 atom stereocenters. The van der Waals surface area contributed by atoms with Gasteiger partial charge in [-0.2, -0.15) is 0 Å². The van der Waals surface area contributed by atoms with Crippen LogP contribution in [0, 0.1) is 11.8 Å². The van der Waals surface area contributed by atoms with Crippen LogP contribution < -0.4 is 5.73 Å². The predicted octanol–water partition coefficient (Wildman–Crippen LogP) is 2.45. The van der Waals surface area contributed by atoms with Crippen LogP contribution in [0.1, 0.15) is 57.7 Å². The molecule has 0 spiro atoms. The molecule has 0 unspecified atom stereocenters. The van der Waals surface area contributed by atoms with E-state index in [4.69, 9.17) is 5.73 Å². The van der Waals surface area contributed by atoms with E-state index in [1.165, 1.54) is 5.56 Å². The van der Waals surface area contributed by atoms with E-state index >= 15 is 0 Å². The third-order valence-electron chi connectivity index (χ3n) is 7.06. The molecule has 3 rings (SSSR count). The second-order valence-electron chi connectivity index (χ2n) is 9.51. The van der Waals surface area contributed by atoms with Gasteiger partial charge in [0.15, 0.2) is 0 Å². The number of anilines is 1. The first-order valence-electron chi connectivity index (χ1n) is 12.3. The lowest BCUT2D eigenvalue weighted by Crippen LogP contribution is -2.53. The molecule has 7 nitrogen and oxygen atoms in total. The number of carbonyl (C=O) groups excluding carboxylic acids is 1. The predicted molar refractivity (Wildman–Crippen MR) is 126 cm³/mol. The molecule has 0 bridgehead atoms. The van der Waals surface area contributed by atoms with Crippen molar-refractivity contribution in [3.63, 3.8) is 0 Å². The number of aromatic nitrogens is 2. The molecule has 1 aromatic rings. The summed E-state index contributed by atoms with van der Waals surface area (Å²) >= 11 is 0. The Hall–Kier alpha value is -1.73. The molecule has 1 saturated heterocycles. The smallest absolute Gasteiger partial charge is 0.222 e. The molecule has 1 aliphatic heterocycles. The Morgan fingerprint density at radius 1 is 1.19 bits per heavy atom. The molecular formula is C24H42N6O. The van der Waals surface area contributed by atoms with Crippen molar-refractivity contribution in [2.75, 3.05) is 52.0 Å². The Balaban J connectivity index is 1.64. The first kappa shape index (κ1) is 23.9. The first-order valence-corrected chi connectivity index (χ1v) is 12.3. The zero-order valence-corrected chi connectivity index (χ0v) is 20.0. The van der Waals surface area contributed by atoms with Gasteiger partial charge in [0, 0.05) is 50.5 Å². The van der Waals surface area contributed by atoms with E-state index in [0.717, 1.165) is 77.1 Å². The SMILES string of the molecule is CCCN(C)CCN(CC)C(=O)C[C@H]1C[C@@H]2Cc3nc(N)ncc3C[C@H]2N(CCC)C1. The van der Waals surface area contributed by atoms with Crippen LogP contribution in [0.3, 0.4) is 0 Å². The van der Waals surface area contributed by atoms with E-state index in [1.807, 2.05) is 11.1 Å². The number of hydrogen-bond acceptors (Lipinski definition) is 6. The normalized spacial score (nSPS) is 23.5. The van der Waals surface area contributed by atoms with Crippen LogP contribution in [0.5, 0.6) is 0 Å². The molecular weight excluding hydrogens is 388 g/mol. The summed E-state index contributed by atoms with van der Waals surface area (Å²) < 4.78 is 0. The number of rotatable bonds is 10. The first-order chi connectivity index (χ1) is 14.9. The summed E-state index contributed by atoms with van der Waals surface area (Å²) in [7, 11) is 2.14. The van der Waals surface area contributed by atoms with Gasteiger partial charge in [0.25, 0.3) is 0 Å². The highest BCUT2D eigenvalue weighted by Crippen LogP contribution is 2.37. The van der Waals surface area contributed by atoms with Crippen molar-refractivity contribution in [3.05, 3.63) is 17.5 Å². The lowest BCUT2D eigenvalue weighted by molar-refractivity contribution is -0.133. The maximum Gasteiger partial charge on any atom is 0.222 e. The van der Waals surface area contributed by atoms with Gasteiger partial charge in [0.2, 0.25) is 11.9 Å². The van der Waals surface area contributed by atoms with Gasteiger partial charge in [-0.15, -0.1) is 0 Å². The highest BCUT2D eigenvalue weighted by atomic mass is 16.2. The average Bonchev–Trinajstić information content (AvgIpc) is 2.73. The Bertz CT molecular complexity index is 726. The number of hydrogen-bond donors (Lipinski definition) is 1. The fraction of sp³-hybridized carbons (Fsp3) is 0.792. The van der Waals surface area contributed by atoms with Gasteiger partial charge in [0.1, 0.15) is 0 Å². The van der Waals surface area contributed by atoms with E-state index in [-0.39, 0.29) is 0 Å². The van der Waals surface area contributed by atoms with Gasteiger partial charge >= 0.3 is 0 Å². The maximum absolute atomic E-state index is 13.1. The number of fused-ring (bicyclic) bond motifs is 2. The van der Waals surface area contributed by atoms with Gasteiger partial charge in [-0.3, -0.25) is 9.69 Å².